The number of rotatable bonds is 13. The molecule has 0 spiro atoms. The van der Waals surface area contributed by atoms with Crippen LogP contribution in [0.4, 0.5) is 0 Å². The van der Waals surface area contributed by atoms with E-state index in [1.807, 2.05) is 0 Å². The predicted octanol–water partition coefficient (Wildman–Crippen LogP) is 7.57. The first kappa shape index (κ1) is 27.5. The fraction of sp³-hybridized carbons (Fsp3) is 0.406. The molecule has 3 aromatic rings. The molecule has 202 valence electrons. The van der Waals surface area contributed by atoms with Crippen molar-refractivity contribution in [3.63, 3.8) is 0 Å². The maximum absolute atomic E-state index is 13.2. The number of aliphatic hydroxyl groups is 1. The molecule has 1 aliphatic rings. The van der Waals surface area contributed by atoms with Crippen LogP contribution in [0.1, 0.15) is 98.2 Å². The van der Waals surface area contributed by atoms with Crippen molar-refractivity contribution in [2.75, 3.05) is 6.61 Å². The van der Waals surface area contributed by atoms with Crippen LogP contribution in [-0.2, 0) is 10.3 Å². The molecule has 0 saturated heterocycles. The maximum atomic E-state index is 13.2. The molecule has 0 amide bonds. The summed E-state index contributed by atoms with van der Waals surface area (Å²) >= 11 is 0. The monoisotopic (exact) mass is 518 g/mol. The van der Waals surface area contributed by atoms with E-state index < -0.39 is 11.6 Å². The summed E-state index contributed by atoms with van der Waals surface area (Å²) in [6, 6.07) is 15.7. The van der Waals surface area contributed by atoms with Gasteiger partial charge in [-0.3, -0.25) is 0 Å². The van der Waals surface area contributed by atoms with Crippen molar-refractivity contribution in [3.8, 4) is 23.0 Å². The van der Waals surface area contributed by atoms with Gasteiger partial charge in [0.1, 0.15) is 28.6 Å². The minimum Gasteiger partial charge on any atom is -0.508 e. The van der Waals surface area contributed by atoms with Gasteiger partial charge in [0.05, 0.1) is 12.2 Å². The Labute approximate surface area is 224 Å². The number of hydrogen-bond acceptors (Lipinski definition) is 6. The molecule has 0 saturated carbocycles. The number of phenolic OH excluding ortho intramolecular Hbond substituents is 2. The van der Waals surface area contributed by atoms with Gasteiger partial charge in [-0.2, -0.15) is 0 Å². The normalized spacial score (nSPS) is 13.3. The third kappa shape index (κ3) is 6.13. The summed E-state index contributed by atoms with van der Waals surface area (Å²) in [6.45, 7) is 2.55. The summed E-state index contributed by atoms with van der Waals surface area (Å²) < 4.78 is 11.5. The van der Waals surface area contributed by atoms with E-state index in [1.165, 1.54) is 69.2 Å². The molecule has 1 heterocycles. The Balaban J connectivity index is 1.45. The van der Waals surface area contributed by atoms with Crippen LogP contribution in [0.2, 0.25) is 0 Å². The van der Waals surface area contributed by atoms with Gasteiger partial charge in [-0.25, -0.2) is 4.79 Å². The number of benzene rings is 3. The Morgan fingerprint density at radius 3 is 1.84 bits per heavy atom. The van der Waals surface area contributed by atoms with Crippen LogP contribution in [0, 0.1) is 0 Å². The highest BCUT2D eigenvalue weighted by molar-refractivity contribution is 5.92. The first-order chi connectivity index (χ1) is 18.4. The lowest BCUT2D eigenvalue weighted by atomic mass is 9.76. The largest absolute Gasteiger partial charge is 0.508 e. The lowest BCUT2D eigenvalue weighted by Gasteiger charge is -2.37. The van der Waals surface area contributed by atoms with E-state index >= 15 is 0 Å². The fourth-order valence-electron chi connectivity index (χ4n) is 5.15. The number of aromatic hydroxyl groups is 2. The lowest BCUT2D eigenvalue weighted by molar-refractivity contribution is 0.0481. The Kier molecular flexibility index (Phi) is 9.29. The second-order valence-corrected chi connectivity index (χ2v) is 10.0. The topological polar surface area (TPSA) is 96.2 Å². The second kappa shape index (κ2) is 12.8. The van der Waals surface area contributed by atoms with Gasteiger partial charge in [0.2, 0.25) is 0 Å². The van der Waals surface area contributed by atoms with Crippen LogP contribution >= 0.6 is 0 Å². The Bertz CT molecular complexity index is 1180. The van der Waals surface area contributed by atoms with Gasteiger partial charge in [0.25, 0.3) is 0 Å². The Hall–Kier alpha value is -3.51. The van der Waals surface area contributed by atoms with Crippen LogP contribution in [-0.4, -0.2) is 27.9 Å². The van der Waals surface area contributed by atoms with Crippen LogP contribution < -0.4 is 4.74 Å². The Morgan fingerprint density at radius 1 is 0.737 bits per heavy atom. The minimum absolute atomic E-state index is 0.0288. The molecule has 4 rings (SSSR count). The summed E-state index contributed by atoms with van der Waals surface area (Å²) in [7, 11) is 0. The van der Waals surface area contributed by atoms with Gasteiger partial charge in [0, 0.05) is 28.8 Å². The molecular formula is C32H38O6. The molecule has 0 bridgehead atoms. The summed E-state index contributed by atoms with van der Waals surface area (Å²) in [4.78, 5) is 13.2. The number of esters is 1. The molecule has 6 nitrogen and oxygen atoms in total. The predicted molar refractivity (Wildman–Crippen MR) is 147 cm³/mol. The molecular weight excluding hydrogens is 480 g/mol. The van der Waals surface area contributed by atoms with Gasteiger partial charge < -0.3 is 24.8 Å². The maximum Gasteiger partial charge on any atom is 0.338 e. The summed E-state index contributed by atoms with van der Waals surface area (Å²) in [5.74, 6) is -0.0897. The zero-order valence-electron chi connectivity index (χ0n) is 22.1. The van der Waals surface area contributed by atoms with Crippen LogP contribution in [0.25, 0.3) is 0 Å². The van der Waals surface area contributed by atoms with E-state index in [-0.39, 0.29) is 28.6 Å². The zero-order valence-corrected chi connectivity index (χ0v) is 22.1. The molecule has 3 aromatic carbocycles. The van der Waals surface area contributed by atoms with Crippen molar-refractivity contribution in [2.24, 2.45) is 0 Å². The van der Waals surface area contributed by atoms with E-state index in [2.05, 4.69) is 6.92 Å². The standard InChI is InChI=1S/C32H38O6/c1-2-3-4-5-6-7-8-9-10-13-20-37-31(35)25-14-11-12-15-26(25)32(36)27-18-16-23(33)21-29(27)38-30-22-24(34)17-19-28(30)32/h11-12,14-19,21-22,33-34,36H,2-10,13,20H2,1H3. The van der Waals surface area contributed by atoms with Gasteiger partial charge in [-0.1, -0.05) is 82.9 Å². The number of carbonyl (C=O) groups excluding carboxylic acids is 1. The van der Waals surface area contributed by atoms with E-state index in [0.717, 1.165) is 19.3 Å². The smallest absolute Gasteiger partial charge is 0.338 e. The molecule has 0 aromatic heterocycles. The number of fused-ring (bicyclic) bond motifs is 2. The lowest BCUT2D eigenvalue weighted by Crippen LogP contribution is -2.34. The first-order valence-corrected chi connectivity index (χ1v) is 13.8. The third-order valence-electron chi connectivity index (χ3n) is 7.20. The minimum atomic E-state index is -1.77. The number of unbranched alkanes of at least 4 members (excludes halogenated alkanes) is 9. The van der Waals surface area contributed by atoms with Crippen molar-refractivity contribution in [1.29, 1.82) is 0 Å². The highest BCUT2D eigenvalue weighted by Gasteiger charge is 2.44. The average Bonchev–Trinajstić information content (AvgIpc) is 2.91. The molecule has 38 heavy (non-hydrogen) atoms. The van der Waals surface area contributed by atoms with Crippen molar-refractivity contribution < 1.29 is 29.6 Å². The number of carbonyl (C=O) groups is 1. The van der Waals surface area contributed by atoms with Gasteiger partial charge in [-0.05, 0) is 36.8 Å². The number of ether oxygens (including phenoxy) is 2. The van der Waals surface area contributed by atoms with Crippen LogP contribution in [0.15, 0.2) is 60.7 Å². The van der Waals surface area contributed by atoms with Gasteiger partial charge >= 0.3 is 5.97 Å². The van der Waals surface area contributed by atoms with Crippen LogP contribution in [0.3, 0.4) is 0 Å². The SMILES string of the molecule is CCCCCCCCCCCCOC(=O)c1ccccc1C1(O)c2ccc(O)cc2Oc2cc(O)ccc21. The van der Waals surface area contributed by atoms with Crippen molar-refractivity contribution in [2.45, 2.75) is 76.7 Å². The quantitative estimate of drug-likeness (QED) is 0.160. The highest BCUT2D eigenvalue weighted by atomic mass is 16.5. The molecule has 0 fully saturated rings. The number of phenols is 2. The van der Waals surface area contributed by atoms with Crippen molar-refractivity contribution in [1.82, 2.24) is 0 Å². The molecule has 1 aliphatic heterocycles. The highest BCUT2D eigenvalue weighted by Crippen LogP contribution is 2.52. The van der Waals surface area contributed by atoms with Crippen LogP contribution in [0.5, 0.6) is 23.0 Å². The van der Waals surface area contributed by atoms with E-state index in [9.17, 15) is 20.1 Å². The van der Waals surface area contributed by atoms with Gasteiger partial charge in [0.15, 0.2) is 0 Å². The summed E-state index contributed by atoms with van der Waals surface area (Å²) in [5.41, 5.74) is -0.416. The Morgan fingerprint density at radius 2 is 1.26 bits per heavy atom. The van der Waals surface area contributed by atoms with E-state index in [4.69, 9.17) is 9.47 Å². The summed E-state index contributed by atoms with van der Waals surface area (Å²) in [6.07, 6.45) is 12.0. The van der Waals surface area contributed by atoms with Gasteiger partial charge in [-0.15, -0.1) is 0 Å². The molecule has 0 atom stereocenters. The third-order valence-corrected chi connectivity index (χ3v) is 7.20. The first-order valence-electron chi connectivity index (χ1n) is 13.8. The zero-order chi connectivity index (χ0) is 27.0. The molecule has 0 aliphatic carbocycles. The van der Waals surface area contributed by atoms with Crippen molar-refractivity contribution >= 4 is 5.97 Å². The number of hydrogen-bond donors (Lipinski definition) is 3. The fourth-order valence-corrected chi connectivity index (χ4v) is 5.15. The van der Waals surface area contributed by atoms with E-state index in [1.54, 1.807) is 36.4 Å². The molecule has 0 unspecified atom stereocenters. The molecule has 0 radical (unpaired) electrons. The molecule has 3 N–H and O–H groups in total. The summed E-state index contributed by atoms with van der Waals surface area (Å²) in [5, 5.41) is 32.3. The van der Waals surface area contributed by atoms with E-state index in [0.29, 0.717) is 23.3 Å². The average molecular weight is 519 g/mol. The second-order valence-electron chi connectivity index (χ2n) is 10.0. The molecule has 6 heteroatoms. The van der Waals surface area contributed by atoms with Crippen molar-refractivity contribution in [3.05, 3.63) is 82.9 Å².